The second kappa shape index (κ2) is 4.20. The summed E-state index contributed by atoms with van der Waals surface area (Å²) < 4.78 is 5.31. The first kappa shape index (κ1) is 11.6. The fraction of sp³-hybridized carbons (Fsp3) is 0.385. The predicted octanol–water partition coefficient (Wildman–Crippen LogP) is 2.97. The molecule has 17 heavy (non-hydrogen) atoms. The third-order valence-corrected chi connectivity index (χ3v) is 2.29. The zero-order valence-electron chi connectivity index (χ0n) is 10.3. The molecule has 90 valence electrons. The summed E-state index contributed by atoms with van der Waals surface area (Å²) in [6.45, 7) is 5.51. The van der Waals surface area contributed by atoms with Crippen molar-refractivity contribution in [2.45, 2.75) is 32.8 Å². The number of hydrazone groups is 1. The molecule has 1 aromatic carbocycles. The van der Waals surface area contributed by atoms with Crippen molar-refractivity contribution in [1.82, 2.24) is 0 Å². The van der Waals surface area contributed by atoms with Gasteiger partial charge in [-0.05, 0) is 32.4 Å². The predicted molar refractivity (Wildman–Crippen MR) is 67.4 cm³/mol. The molecule has 0 spiro atoms. The van der Waals surface area contributed by atoms with Crippen molar-refractivity contribution in [3.05, 3.63) is 29.8 Å². The molecule has 1 aromatic rings. The van der Waals surface area contributed by atoms with Gasteiger partial charge in [-0.2, -0.15) is 10.1 Å². The van der Waals surface area contributed by atoms with Crippen LogP contribution in [0.4, 0.5) is 10.5 Å². The van der Waals surface area contributed by atoms with Gasteiger partial charge in [-0.15, -0.1) is 0 Å². The van der Waals surface area contributed by atoms with Gasteiger partial charge in [0.05, 0.1) is 5.69 Å². The highest BCUT2D eigenvalue weighted by Gasteiger charge is 2.25. The highest BCUT2D eigenvalue weighted by molar-refractivity contribution is 5.92. The van der Waals surface area contributed by atoms with Gasteiger partial charge in [0.25, 0.3) is 0 Å². The number of fused-ring (bicyclic) bond motifs is 1. The number of benzene rings is 1. The molecule has 2 rings (SSSR count). The van der Waals surface area contributed by atoms with Crippen molar-refractivity contribution in [3.63, 3.8) is 0 Å². The molecule has 0 bridgehead atoms. The lowest BCUT2D eigenvalue weighted by Gasteiger charge is -2.26. The molecule has 0 saturated heterocycles. The normalized spacial score (nSPS) is 14.4. The summed E-state index contributed by atoms with van der Waals surface area (Å²) in [6.07, 6.45) is 2.02. The van der Waals surface area contributed by atoms with Crippen LogP contribution in [0.2, 0.25) is 0 Å². The second-order valence-corrected chi connectivity index (χ2v) is 4.92. The minimum atomic E-state index is -0.515. The Morgan fingerprint density at radius 3 is 2.76 bits per heavy atom. The molecular weight excluding hydrogens is 216 g/mol. The quantitative estimate of drug-likeness (QED) is 0.690. The molecule has 4 nitrogen and oxygen atoms in total. The molecule has 0 aromatic heterocycles. The first-order chi connectivity index (χ1) is 7.97. The van der Waals surface area contributed by atoms with Gasteiger partial charge in [0.15, 0.2) is 0 Å². The number of carbonyl (C=O) groups excluding carboxylic acids is 1. The minimum absolute atomic E-state index is 0.444. The summed E-state index contributed by atoms with van der Waals surface area (Å²) in [4.78, 5) is 12.0. The number of anilines is 1. The number of hydrogen-bond donors (Lipinski definition) is 0. The van der Waals surface area contributed by atoms with Crippen LogP contribution in [0.5, 0.6) is 0 Å². The van der Waals surface area contributed by atoms with Gasteiger partial charge < -0.3 is 4.74 Å². The number of rotatable bonds is 0. The first-order valence-electron chi connectivity index (χ1n) is 5.61. The zero-order valence-corrected chi connectivity index (χ0v) is 10.3. The molecule has 0 aliphatic carbocycles. The number of para-hydroxylation sites is 1. The Labute approximate surface area is 101 Å². The van der Waals surface area contributed by atoms with E-state index < -0.39 is 11.7 Å². The van der Waals surface area contributed by atoms with Crippen LogP contribution in [0, 0.1) is 0 Å². The van der Waals surface area contributed by atoms with Gasteiger partial charge in [-0.3, -0.25) is 0 Å². The summed E-state index contributed by atoms with van der Waals surface area (Å²) in [6, 6.07) is 7.69. The Morgan fingerprint density at radius 1 is 1.35 bits per heavy atom. The maximum atomic E-state index is 12.0. The van der Waals surface area contributed by atoms with Crippen molar-refractivity contribution < 1.29 is 9.53 Å². The molecule has 1 aliphatic heterocycles. The van der Waals surface area contributed by atoms with Gasteiger partial charge in [0.2, 0.25) is 0 Å². The molecule has 0 unspecified atom stereocenters. The highest BCUT2D eigenvalue weighted by atomic mass is 16.6. The number of ether oxygens (including phenoxy) is 1. The van der Waals surface area contributed by atoms with Gasteiger partial charge in [0, 0.05) is 12.6 Å². The van der Waals surface area contributed by atoms with Gasteiger partial charge in [-0.1, -0.05) is 18.2 Å². The molecule has 0 atom stereocenters. The largest absolute Gasteiger partial charge is 0.442 e. The third kappa shape index (κ3) is 2.64. The minimum Gasteiger partial charge on any atom is -0.442 e. The van der Waals surface area contributed by atoms with Crippen LogP contribution in [-0.2, 0) is 11.2 Å². The molecule has 4 heteroatoms. The number of amides is 1. The molecule has 1 aliphatic rings. The summed E-state index contributed by atoms with van der Waals surface area (Å²) in [5.74, 6) is 0. The Kier molecular flexibility index (Phi) is 2.88. The maximum absolute atomic E-state index is 12.0. The van der Waals surface area contributed by atoms with E-state index in [0.29, 0.717) is 0 Å². The Bertz CT molecular complexity index is 461. The van der Waals surface area contributed by atoms with E-state index in [4.69, 9.17) is 4.74 Å². The topological polar surface area (TPSA) is 41.9 Å². The Balaban J connectivity index is 2.25. The number of nitrogens with zero attached hydrogens (tertiary/aromatic N) is 2. The summed E-state index contributed by atoms with van der Waals surface area (Å²) in [5, 5.41) is 5.40. The summed E-state index contributed by atoms with van der Waals surface area (Å²) >= 11 is 0. The van der Waals surface area contributed by atoms with Crippen LogP contribution >= 0.6 is 0 Å². The smallest absolute Gasteiger partial charge is 0.435 e. The van der Waals surface area contributed by atoms with E-state index in [1.807, 2.05) is 45.0 Å². The summed E-state index contributed by atoms with van der Waals surface area (Å²) in [5.41, 5.74) is 1.36. The second-order valence-electron chi connectivity index (χ2n) is 4.92. The molecule has 0 radical (unpaired) electrons. The fourth-order valence-corrected chi connectivity index (χ4v) is 1.62. The monoisotopic (exact) mass is 232 g/mol. The standard InChI is InChI=1S/C13H16N2O2/c1-13(2,3)17-12(16)15-11-7-5-4-6-10(11)8-9-14-15/h4-7,9H,8H2,1-3H3. The molecule has 0 fully saturated rings. The van der Waals surface area contributed by atoms with Crippen molar-refractivity contribution >= 4 is 18.0 Å². The third-order valence-electron chi connectivity index (χ3n) is 2.29. The van der Waals surface area contributed by atoms with Gasteiger partial charge in [0.1, 0.15) is 5.60 Å². The summed E-state index contributed by atoms with van der Waals surface area (Å²) in [7, 11) is 0. The zero-order chi connectivity index (χ0) is 12.5. The molecule has 0 saturated carbocycles. The lowest BCUT2D eigenvalue weighted by Crippen LogP contribution is -2.35. The number of carbonyl (C=O) groups is 1. The van der Waals surface area contributed by atoms with E-state index in [1.54, 1.807) is 6.21 Å². The molecule has 1 heterocycles. The van der Waals surface area contributed by atoms with Crippen molar-refractivity contribution in [3.8, 4) is 0 Å². The Morgan fingerprint density at radius 2 is 2.06 bits per heavy atom. The van der Waals surface area contributed by atoms with E-state index in [1.165, 1.54) is 5.01 Å². The van der Waals surface area contributed by atoms with E-state index in [0.717, 1.165) is 17.7 Å². The lowest BCUT2D eigenvalue weighted by molar-refractivity contribution is 0.0580. The fourth-order valence-electron chi connectivity index (χ4n) is 1.62. The van der Waals surface area contributed by atoms with Crippen LogP contribution < -0.4 is 5.01 Å². The van der Waals surface area contributed by atoms with E-state index in [9.17, 15) is 4.79 Å². The van der Waals surface area contributed by atoms with E-state index in [-0.39, 0.29) is 0 Å². The highest BCUT2D eigenvalue weighted by Crippen LogP contribution is 2.25. The first-order valence-corrected chi connectivity index (χ1v) is 5.61. The van der Waals surface area contributed by atoms with Gasteiger partial charge >= 0.3 is 6.09 Å². The molecule has 0 N–H and O–H groups in total. The average molecular weight is 232 g/mol. The van der Waals surface area contributed by atoms with E-state index in [2.05, 4.69) is 5.10 Å². The van der Waals surface area contributed by atoms with Crippen LogP contribution in [0.15, 0.2) is 29.4 Å². The van der Waals surface area contributed by atoms with E-state index >= 15 is 0 Å². The van der Waals surface area contributed by atoms with Crippen molar-refractivity contribution in [2.24, 2.45) is 5.10 Å². The lowest BCUT2D eigenvalue weighted by atomic mass is 10.1. The maximum Gasteiger partial charge on any atom is 0.435 e. The van der Waals surface area contributed by atoms with Crippen molar-refractivity contribution in [2.75, 3.05) is 5.01 Å². The molecular formula is C13H16N2O2. The molecule has 1 amide bonds. The average Bonchev–Trinajstić information content (AvgIpc) is 2.26. The SMILES string of the molecule is CC(C)(C)OC(=O)N1N=CCc2ccccc21. The van der Waals surface area contributed by atoms with Crippen LogP contribution in [0.3, 0.4) is 0 Å². The van der Waals surface area contributed by atoms with Crippen LogP contribution in [0.25, 0.3) is 0 Å². The van der Waals surface area contributed by atoms with Crippen molar-refractivity contribution in [1.29, 1.82) is 0 Å². The van der Waals surface area contributed by atoms with Gasteiger partial charge in [-0.25, -0.2) is 4.79 Å². The van der Waals surface area contributed by atoms with Crippen LogP contribution in [0.1, 0.15) is 26.3 Å². The van der Waals surface area contributed by atoms with Crippen LogP contribution in [-0.4, -0.2) is 17.9 Å². The Hall–Kier alpha value is -1.84. The number of hydrogen-bond acceptors (Lipinski definition) is 3.